The molecule has 0 aromatic heterocycles. The molecule has 2 aliphatic rings. The van der Waals surface area contributed by atoms with Gasteiger partial charge in [0.2, 0.25) is 0 Å². The van der Waals surface area contributed by atoms with Gasteiger partial charge >= 0.3 is 0 Å². The van der Waals surface area contributed by atoms with E-state index < -0.39 is 0 Å². The van der Waals surface area contributed by atoms with Gasteiger partial charge in [-0.3, -0.25) is 0 Å². The summed E-state index contributed by atoms with van der Waals surface area (Å²) in [5.41, 5.74) is 0. The summed E-state index contributed by atoms with van der Waals surface area (Å²) in [6.07, 6.45) is 9.13. The molecule has 0 saturated heterocycles. The largest absolute Gasteiger partial charge is 0.473 e. The zero-order valence-corrected chi connectivity index (χ0v) is 4.58. The fourth-order valence-electron chi connectivity index (χ4n) is 1.02. The topological polar surface area (TPSA) is 9.23 Å². The molecule has 1 aliphatic carbocycles. The minimum Gasteiger partial charge on any atom is -0.473 e. The lowest BCUT2D eigenvalue weighted by Gasteiger charge is -1.82. The van der Waals surface area contributed by atoms with Gasteiger partial charge in [-0.1, -0.05) is 0 Å². The van der Waals surface area contributed by atoms with Crippen LogP contribution >= 0.6 is 0 Å². The first-order valence-electron chi connectivity index (χ1n) is 2.95. The number of hydrogen-bond donors (Lipinski definition) is 0. The minimum atomic E-state index is 0.800. The van der Waals surface area contributed by atoms with Crippen molar-refractivity contribution in [3.8, 4) is 0 Å². The van der Waals surface area contributed by atoms with Crippen LogP contribution in [0.1, 0.15) is 6.42 Å². The highest BCUT2D eigenvalue weighted by Crippen LogP contribution is 2.41. The maximum Gasteiger partial charge on any atom is 0.0864 e. The third-order valence-electron chi connectivity index (χ3n) is 1.70. The van der Waals surface area contributed by atoms with E-state index >= 15 is 0 Å². The number of rotatable bonds is 0. The normalized spacial score (nSPS) is 40.0. The van der Waals surface area contributed by atoms with Crippen molar-refractivity contribution in [3.05, 3.63) is 24.7 Å². The highest BCUT2D eigenvalue weighted by molar-refractivity contribution is 5.10. The second kappa shape index (κ2) is 1.38. The summed E-state index contributed by atoms with van der Waals surface area (Å²) < 4.78 is 4.93. The first-order chi connectivity index (χ1) is 3.97. The Morgan fingerprint density at radius 3 is 2.38 bits per heavy atom. The first kappa shape index (κ1) is 4.19. The lowest BCUT2D eigenvalue weighted by atomic mass is 10.3. The van der Waals surface area contributed by atoms with Crippen LogP contribution in [0.3, 0.4) is 0 Å². The van der Waals surface area contributed by atoms with Crippen LogP contribution in [-0.4, -0.2) is 0 Å². The van der Waals surface area contributed by atoms with Gasteiger partial charge in [0.1, 0.15) is 0 Å². The predicted molar refractivity (Wildman–Crippen MR) is 31.0 cm³/mol. The van der Waals surface area contributed by atoms with Crippen molar-refractivity contribution < 1.29 is 4.74 Å². The molecule has 1 heteroatoms. The molecular weight excluding hydrogens is 100 g/mol. The molecule has 0 amide bonds. The van der Waals surface area contributed by atoms with E-state index in [9.17, 15) is 0 Å². The summed E-state index contributed by atoms with van der Waals surface area (Å²) in [5, 5.41) is 0. The second-order valence-electron chi connectivity index (χ2n) is 2.36. The standard InChI is InChI=1S/C7H8O/c1-3-8-4-2-7-5-6(1)7/h1-4,6-7H,5H2. The molecule has 1 fully saturated rings. The molecule has 2 rings (SSSR count). The molecule has 42 valence electrons. The Labute approximate surface area is 48.7 Å². The van der Waals surface area contributed by atoms with Gasteiger partial charge in [0, 0.05) is 0 Å². The van der Waals surface area contributed by atoms with E-state index in [0.29, 0.717) is 0 Å². The molecule has 0 spiro atoms. The third kappa shape index (κ3) is 0.548. The summed E-state index contributed by atoms with van der Waals surface area (Å²) in [6.45, 7) is 0. The molecule has 0 aromatic carbocycles. The molecule has 0 N–H and O–H groups in total. The fraction of sp³-hybridized carbons (Fsp3) is 0.429. The monoisotopic (exact) mass is 108 g/mol. The molecule has 0 radical (unpaired) electrons. The first-order valence-corrected chi connectivity index (χ1v) is 2.95. The Bertz CT molecular complexity index is 130. The van der Waals surface area contributed by atoms with Crippen LogP contribution in [0.4, 0.5) is 0 Å². The van der Waals surface area contributed by atoms with Crippen molar-refractivity contribution in [1.29, 1.82) is 0 Å². The van der Waals surface area contributed by atoms with E-state index in [1.54, 1.807) is 12.5 Å². The molecule has 1 nitrogen and oxygen atoms in total. The number of allylic oxidation sites excluding steroid dienone is 2. The minimum absolute atomic E-state index is 0.800. The van der Waals surface area contributed by atoms with E-state index in [-0.39, 0.29) is 0 Å². The molecule has 8 heavy (non-hydrogen) atoms. The quantitative estimate of drug-likeness (QED) is 0.458. The Hall–Kier alpha value is -0.720. The van der Waals surface area contributed by atoms with Crippen LogP contribution in [0.25, 0.3) is 0 Å². The molecule has 1 heterocycles. The summed E-state index contributed by atoms with van der Waals surface area (Å²) in [6, 6.07) is 0. The van der Waals surface area contributed by atoms with Crippen LogP contribution in [0.5, 0.6) is 0 Å². The lowest BCUT2D eigenvalue weighted by Crippen LogP contribution is -1.65. The molecule has 0 aromatic rings. The molecule has 1 saturated carbocycles. The van der Waals surface area contributed by atoms with Crippen molar-refractivity contribution in [2.24, 2.45) is 11.8 Å². The molecule has 2 atom stereocenters. The SMILES string of the molecule is C1=CC2CC2C=CO1. The van der Waals surface area contributed by atoms with Crippen LogP contribution < -0.4 is 0 Å². The Morgan fingerprint density at radius 2 is 1.75 bits per heavy atom. The van der Waals surface area contributed by atoms with Crippen LogP contribution in [-0.2, 0) is 4.74 Å². The van der Waals surface area contributed by atoms with Gasteiger partial charge < -0.3 is 4.74 Å². The average molecular weight is 108 g/mol. The van der Waals surface area contributed by atoms with Crippen LogP contribution in [0, 0.1) is 11.8 Å². The van der Waals surface area contributed by atoms with Gasteiger partial charge in [-0.25, -0.2) is 0 Å². The highest BCUT2D eigenvalue weighted by Gasteiger charge is 2.33. The van der Waals surface area contributed by atoms with Gasteiger partial charge in [-0.2, -0.15) is 0 Å². The highest BCUT2D eigenvalue weighted by atomic mass is 16.5. The smallest absolute Gasteiger partial charge is 0.0864 e. The Kier molecular flexibility index (Phi) is 0.720. The number of fused-ring (bicyclic) bond motifs is 1. The van der Waals surface area contributed by atoms with E-state index in [0.717, 1.165) is 11.8 Å². The van der Waals surface area contributed by atoms with E-state index in [1.807, 2.05) is 0 Å². The summed E-state index contributed by atoms with van der Waals surface area (Å²) in [5.74, 6) is 1.60. The van der Waals surface area contributed by atoms with E-state index in [1.165, 1.54) is 6.42 Å². The Balaban J connectivity index is 2.17. The lowest BCUT2D eigenvalue weighted by molar-refractivity contribution is 0.401. The molecule has 1 aliphatic heterocycles. The maximum atomic E-state index is 4.93. The summed E-state index contributed by atoms with van der Waals surface area (Å²) in [7, 11) is 0. The van der Waals surface area contributed by atoms with Crippen molar-refractivity contribution in [2.45, 2.75) is 6.42 Å². The van der Waals surface area contributed by atoms with E-state index in [2.05, 4.69) is 12.2 Å². The fourth-order valence-corrected chi connectivity index (χ4v) is 1.02. The van der Waals surface area contributed by atoms with Crippen molar-refractivity contribution in [1.82, 2.24) is 0 Å². The van der Waals surface area contributed by atoms with Gasteiger partial charge in [0.05, 0.1) is 12.5 Å². The zero-order chi connectivity index (χ0) is 5.40. The molecule has 0 bridgehead atoms. The van der Waals surface area contributed by atoms with Crippen LogP contribution in [0.15, 0.2) is 24.7 Å². The van der Waals surface area contributed by atoms with E-state index in [4.69, 9.17) is 4.74 Å². The van der Waals surface area contributed by atoms with Crippen molar-refractivity contribution in [2.75, 3.05) is 0 Å². The van der Waals surface area contributed by atoms with Gasteiger partial charge in [-0.15, -0.1) is 0 Å². The third-order valence-corrected chi connectivity index (χ3v) is 1.70. The summed E-state index contributed by atoms with van der Waals surface area (Å²) in [4.78, 5) is 0. The van der Waals surface area contributed by atoms with Gasteiger partial charge in [-0.05, 0) is 30.4 Å². The summed E-state index contributed by atoms with van der Waals surface area (Å²) >= 11 is 0. The predicted octanol–water partition coefficient (Wildman–Crippen LogP) is 1.68. The van der Waals surface area contributed by atoms with Crippen molar-refractivity contribution >= 4 is 0 Å². The van der Waals surface area contributed by atoms with Gasteiger partial charge in [0.25, 0.3) is 0 Å². The number of hydrogen-bond acceptors (Lipinski definition) is 1. The Morgan fingerprint density at radius 1 is 1.12 bits per heavy atom. The van der Waals surface area contributed by atoms with Crippen molar-refractivity contribution in [3.63, 3.8) is 0 Å². The average Bonchev–Trinajstić information content (AvgIpc) is 2.36. The number of ether oxygens (including phenoxy) is 1. The molecular formula is C7H8O. The van der Waals surface area contributed by atoms with Crippen LogP contribution in [0.2, 0.25) is 0 Å². The maximum absolute atomic E-state index is 4.93. The molecule has 2 unspecified atom stereocenters. The second-order valence-corrected chi connectivity index (χ2v) is 2.36. The van der Waals surface area contributed by atoms with Gasteiger partial charge in [0.15, 0.2) is 0 Å². The zero-order valence-electron chi connectivity index (χ0n) is 4.58.